The van der Waals surface area contributed by atoms with Crippen LogP contribution in [0.3, 0.4) is 0 Å². The molecule has 4 heteroatoms. The smallest absolute Gasteiger partial charge is 0.159 e. The minimum Gasteiger partial charge on any atom is -0.454 e. The highest BCUT2D eigenvalue weighted by Crippen LogP contribution is 2.55. The van der Waals surface area contributed by atoms with Crippen molar-refractivity contribution in [2.24, 2.45) is 0 Å². The fourth-order valence-corrected chi connectivity index (χ4v) is 11.6. The third-order valence-electron chi connectivity index (χ3n) is 14.5. The van der Waals surface area contributed by atoms with Crippen LogP contribution >= 0.6 is 0 Å². The van der Waals surface area contributed by atoms with Crippen molar-refractivity contribution >= 4 is 99.5 Å². The highest BCUT2D eigenvalue weighted by Gasteiger charge is 2.38. The van der Waals surface area contributed by atoms with Crippen LogP contribution in [0.1, 0.15) is 47.2 Å². The molecule has 0 N–H and O–H groups in total. The number of fused-ring (bicyclic) bond motifs is 13. The molecule has 2 heterocycles. The highest BCUT2D eigenvalue weighted by molar-refractivity contribution is 6.13. The van der Waals surface area contributed by atoms with Crippen molar-refractivity contribution in [2.45, 2.75) is 47.0 Å². The van der Waals surface area contributed by atoms with E-state index in [0.29, 0.717) is 0 Å². The summed E-state index contributed by atoms with van der Waals surface area (Å²) in [5, 5.41) is 9.43. The van der Waals surface area contributed by atoms with Crippen LogP contribution in [0.25, 0.3) is 76.5 Å². The number of furan rings is 2. The van der Waals surface area contributed by atoms with Gasteiger partial charge in [-0.05, 0) is 143 Å². The number of hydrogen-bond acceptors (Lipinski definition) is 4. The predicted octanol–water partition coefficient (Wildman–Crippen LogP) is 18.3. The fourth-order valence-electron chi connectivity index (χ4n) is 11.6. The maximum absolute atomic E-state index is 6.67. The Morgan fingerprint density at radius 2 is 0.791 bits per heavy atom. The molecule has 67 heavy (non-hydrogen) atoms. The summed E-state index contributed by atoms with van der Waals surface area (Å²) in [6.07, 6.45) is 0. The van der Waals surface area contributed by atoms with Crippen LogP contribution < -0.4 is 9.80 Å². The molecule has 1 aliphatic carbocycles. The van der Waals surface area contributed by atoms with Crippen LogP contribution in [0, 0.1) is 27.7 Å². The molecule has 0 saturated heterocycles. The molecule has 4 nitrogen and oxygen atoms in total. The molecular weight excluding hydrogens is 817 g/mol. The number of rotatable bonds is 6. The van der Waals surface area contributed by atoms with E-state index in [0.717, 1.165) is 78.0 Å². The SMILES string of the molecule is Cc1ccc(N(c2ccc3c4c(ccc3c2)-c2ccc3cc(N(c5ccc(C)cc5C)c5cccc6c5oc5ccccc56)ccc3c2C4(C)C)c2cccc3c2oc2ccccc23)c(C)c1. The number of aryl methyl sites for hydroxylation is 4. The standard InChI is InChI=1S/C63H48N2O2/c1-37-21-31-53(39(3)33-37)64(55-17-11-15-51-47-13-7-9-19-57(47)66-61(51)55)43-25-29-45-41(35-43)23-27-49-50-28-24-42-36-44(26-30-46(42)60(50)63(5,6)59(45)49)65(54-32-22-38(2)34-40(54)4)56-18-12-16-52-48-14-8-10-20-58(48)67-62(52)56/h7-36H,1-6H3. The van der Waals surface area contributed by atoms with Crippen molar-refractivity contribution < 1.29 is 8.83 Å². The van der Waals surface area contributed by atoms with Gasteiger partial charge >= 0.3 is 0 Å². The van der Waals surface area contributed by atoms with Gasteiger partial charge in [0.2, 0.25) is 0 Å². The zero-order chi connectivity index (χ0) is 45.3. The molecule has 0 amide bonds. The van der Waals surface area contributed by atoms with Gasteiger partial charge in [-0.15, -0.1) is 0 Å². The van der Waals surface area contributed by atoms with Crippen LogP contribution in [0.2, 0.25) is 0 Å². The number of para-hydroxylation sites is 4. The van der Waals surface area contributed by atoms with Crippen molar-refractivity contribution in [3.05, 3.63) is 215 Å². The molecule has 1 aliphatic rings. The van der Waals surface area contributed by atoms with Gasteiger partial charge in [-0.2, -0.15) is 0 Å². The first kappa shape index (κ1) is 39.3. The molecule has 0 saturated carbocycles. The van der Waals surface area contributed by atoms with Crippen molar-refractivity contribution in [2.75, 3.05) is 9.80 Å². The van der Waals surface area contributed by atoms with Crippen LogP contribution in [0.15, 0.2) is 191 Å². The van der Waals surface area contributed by atoms with E-state index in [1.54, 1.807) is 0 Å². The summed E-state index contributed by atoms with van der Waals surface area (Å²) in [4.78, 5) is 4.76. The van der Waals surface area contributed by atoms with Gasteiger partial charge in [-0.25, -0.2) is 0 Å². The molecule has 322 valence electrons. The second-order valence-electron chi connectivity index (χ2n) is 19.2. The minimum absolute atomic E-state index is 0.271. The topological polar surface area (TPSA) is 32.8 Å². The van der Waals surface area contributed by atoms with Crippen LogP contribution in [0.4, 0.5) is 34.1 Å². The average molecular weight is 865 g/mol. The number of nitrogens with zero attached hydrogens (tertiary/aromatic N) is 2. The summed E-state index contributed by atoms with van der Waals surface area (Å²) < 4.78 is 13.3. The van der Waals surface area contributed by atoms with Crippen LogP contribution in [0.5, 0.6) is 0 Å². The molecule has 10 aromatic carbocycles. The van der Waals surface area contributed by atoms with Crippen LogP contribution in [-0.4, -0.2) is 0 Å². The third-order valence-corrected chi connectivity index (χ3v) is 14.5. The molecule has 0 radical (unpaired) electrons. The summed E-state index contributed by atoms with van der Waals surface area (Å²) in [7, 11) is 0. The Hall–Kier alpha value is -8.08. The van der Waals surface area contributed by atoms with Crippen LogP contribution in [-0.2, 0) is 5.41 Å². The van der Waals surface area contributed by atoms with Crippen molar-refractivity contribution in [3.8, 4) is 11.1 Å². The monoisotopic (exact) mass is 864 g/mol. The Balaban J connectivity index is 0.948. The first-order valence-corrected chi connectivity index (χ1v) is 23.3. The van der Waals surface area contributed by atoms with Gasteiger partial charge in [0.1, 0.15) is 11.2 Å². The first-order valence-electron chi connectivity index (χ1n) is 23.3. The Labute approximate surface area is 389 Å². The Bertz CT molecular complexity index is 3770. The average Bonchev–Trinajstić information content (AvgIpc) is 3.99. The molecule has 0 aliphatic heterocycles. The molecule has 12 aromatic rings. The van der Waals surface area contributed by atoms with E-state index in [1.165, 1.54) is 66.1 Å². The predicted molar refractivity (Wildman–Crippen MR) is 282 cm³/mol. The summed E-state index contributed by atoms with van der Waals surface area (Å²) in [5.41, 5.74) is 20.0. The number of anilines is 6. The van der Waals surface area contributed by atoms with Crippen molar-refractivity contribution in [3.63, 3.8) is 0 Å². The lowest BCUT2D eigenvalue weighted by Crippen LogP contribution is -2.16. The van der Waals surface area contributed by atoms with E-state index in [1.807, 2.05) is 12.1 Å². The minimum atomic E-state index is -0.271. The summed E-state index contributed by atoms with van der Waals surface area (Å²) in [6, 6.07) is 66.5. The maximum atomic E-state index is 6.67. The normalized spacial score (nSPS) is 13.0. The van der Waals surface area contributed by atoms with E-state index in [2.05, 4.69) is 221 Å². The summed E-state index contributed by atoms with van der Waals surface area (Å²) in [6.45, 7) is 13.5. The Morgan fingerprint density at radius 1 is 0.358 bits per heavy atom. The molecule has 0 fully saturated rings. The maximum Gasteiger partial charge on any atom is 0.159 e. The zero-order valence-corrected chi connectivity index (χ0v) is 38.5. The van der Waals surface area contributed by atoms with Crippen molar-refractivity contribution in [1.82, 2.24) is 0 Å². The molecule has 13 rings (SSSR count). The van der Waals surface area contributed by atoms with Gasteiger partial charge in [-0.1, -0.05) is 146 Å². The lowest BCUT2D eigenvalue weighted by atomic mass is 9.78. The van der Waals surface area contributed by atoms with Gasteiger partial charge in [0, 0.05) is 49.7 Å². The van der Waals surface area contributed by atoms with Gasteiger partial charge < -0.3 is 18.6 Å². The van der Waals surface area contributed by atoms with Gasteiger partial charge in [0.15, 0.2) is 11.2 Å². The van der Waals surface area contributed by atoms with E-state index in [-0.39, 0.29) is 5.41 Å². The van der Waals surface area contributed by atoms with Crippen molar-refractivity contribution in [1.29, 1.82) is 0 Å². The zero-order valence-electron chi connectivity index (χ0n) is 38.5. The fraction of sp³-hybridized carbons (Fsp3) is 0.111. The first-order chi connectivity index (χ1) is 32.6. The molecule has 0 unspecified atom stereocenters. The number of hydrogen-bond donors (Lipinski definition) is 0. The van der Waals surface area contributed by atoms with E-state index in [9.17, 15) is 0 Å². The van der Waals surface area contributed by atoms with E-state index in [4.69, 9.17) is 8.83 Å². The second-order valence-corrected chi connectivity index (χ2v) is 19.2. The summed E-state index contributed by atoms with van der Waals surface area (Å²) in [5.74, 6) is 0. The second kappa shape index (κ2) is 14.5. The van der Waals surface area contributed by atoms with E-state index >= 15 is 0 Å². The lowest BCUT2D eigenvalue weighted by Gasteiger charge is -2.29. The Morgan fingerprint density at radius 3 is 1.24 bits per heavy atom. The molecule has 0 spiro atoms. The van der Waals surface area contributed by atoms with Gasteiger partial charge in [0.05, 0.1) is 11.4 Å². The third kappa shape index (κ3) is 5.85. The van der Waals surface area contributed by atoms with Gasteiger partial charge in [-0.3, -0.25) is 0 Å². The molecule has 2 aromatic heterocycles. The summed E-state index contributed by atoms with van der Waals surface area (Å²) >= 11 is 0. The molecular formula is C63H48N2O2. The largest absolute Gasteiger partial charge is 0.454 e. The molecule has 0 bridgehead atoms. The lowest BCUT2D eigenvalue weighted by molar-refractivity contribution is 0.668. The van der Waals surface area contributed by atoms with E-state index < -0.39 is 0 Å². The Kier molecular flexibility index (Phi) is 8.48. The highest BCUT2D eigenvalue weighted by atomic mass is 16.3. The molecule has 0 atom stereocenters. The van der Waals surface area contributed by atoms with Gasteiger partial charge in [0.25, 0.3) is 0 Å². The number of benzene rings is 10. The quantitative estimate of drug-likeness (QED) is 0.167.